The summed E-state index contributed by atoms with van der Waals surface area (Å²) in [6, 6.07) is 17.7. The van der Waals surface area contributed by atoms with Gasteiger partial charge in [0.05, 0.1) is 7.11 Å². The van der Waals surface area contributed by atoms with Crippen molar-refractivity contribution in [2.24, 2.45) is 0 Å². The van der Waals surface area contributed by atoms with E-state index in [9.17, 15) is 4.79 Å². The first kappa shape index (κ1) is 19.7. The molecule has 0 aliphatic carbocycles. The smallest absolute Gasteiger partial charge is 0.186 e. The zero-order valence-corrected chi connectivity index (χ0v) is 16.5. The van der Waals surface area contributed by atoms with Gasteiger partial charge < -0.3 is 4.74 Å². The molecule has 0 fully saturated rings. The summed E-state index contributed by atoms with van der Waals surface area (Å²) in [4.78, 5) is 13.2. The van der Waals surface area contributed by atoms with Gasteiger partial charge in [-0.05, 0) is 40.8 Å². The Bertz CT molecular complexity index is 688. The van der Waals surface area contributed by atoms with E-state index in [-0.39, 0.29) is 10.4 Å². The van der Waals surface area contributed by atoms with E-state index >= 15 is 0 Å². The van der Waals surface area contributed by atoms with Crippen LogP contribution in [0.2, 0.25) is 0 Å². The summed E-state index contributed by atoms with van der Waals surface area (Å²) >= 11 is 3.40. The molecule has 2 aromatic rings. The highest BCUT2D eigenvalue weighted by molar-refractivity contribution is 8.18. The van der Waals surface area contributed by atoms with Crippen molar-refractivity contribution in [3.63, 3.8) is 0 Å². The fourth-order valence-electron chi connectivity index (χ4n) is 2.41. The third kappa shape index (κ3) is 5.68. The van der Waals surface area contributed by atoms with Gasteiger partial charge >= 0.3 is 0 Å². The highest BCUT2D eigenvalue weighted by atomic mass is 32.2. The Morgan fingerprint density at radius 1 is 1.00 bits per heavy atom. The van der Waals surface area contributed by atoms with E-state index in [1.54, 1.807) is 30.6 Å². The molecule has 2 aromatic carbocycles. The van der Waals surface area contributed by atoms with Crippen LogP contribution < -0.4 is 4.74 Å². The number of rotatable bonds is 9. The van der Waals surface area contributed by atoms with Gasteiger partial charge in [-0.15, -0.1) is 23.5 Å². The van der Waals surface area contributed by atoms with Gasteiger partial charge in [0.1, 0.15) is 10.3 Å². The fourth-order valence-corrected chi connectivity index (χ4v) is 4.77. The lowest BCUT2D eigenvalue weighted by molar-refractivity contribution is -0.111. The number of thioether (sulfide) groups is 2. The number of methoxy groups -OCH3 is 1. The van der Waals surface area contributed by atoms with Crippen LogP contribution in [0.4, 0.5) is 0 Å². The third-order valence-electron chi connectivity index (χ3n) is 3.63. The maximum atomic E-state index is 13.2. The molecule has 0 spiro atoms. The summed E-state index contributed by atoms with van der Waals surface area (Å²) in [5, 5.41) is 0. The topological polar surface area (TPSA) is 26.3 Å². The predicted molar refractivity (Wildman–Crippen MR) is 112 cm³/mol. The highest BCUT2D eigenvalue weighted by Gasteiger charge is 2.23. The Hall–Kier alpha value is -1.65. The molecular weight excluding hydrogens is 348 g/mol. The van der Waals surface area contributed by atoms with Crippen molar-refractivity contribution in [2.75, 3.05) is 18.6 Å². The number of benzene rings is 2. The number of hydrogen-bond donors (Lipinski definition) is 0. The molecule has 2 rings (SSSR count). The van der Waals surface area contributed by atoms with Gasteiger partial charge in [-0.1, -0.05) is 56.3 Å². The lowest BCUT2D eigenvalue weighted by Gasteiger charge is -2.16. The van der Waals surface area contributed by atoms with E-state index in [0.717, 1.165) is 34.0 Å². The fraction of sp³-hybridized carbons (Fsp3) is 0.286. The van der Waals surface area contributed by atoms with Crippen molar-refractivity contribution >= 4 is 41.0 Å². The second-order valence-corrected chi connectivity index (χ2v) is 8.37. The minimum absolute atomic E-state index is 0.0697. The average Bonchev–Trinajstić information content (AvgIpc) is 2.66. The molecule has 0 atom stereocenters. The average molecular weight is 373 g/mol. The maximum Gasteiger partial charge on any atom is 0.186 e. The van der Waals surface area contributed by atoms with Crippen molar-refractivity contribution in [3.8, 4) is 5.75 Å². The number of allylic oxidation sites excluding steroid dienone is 1. The number of hydrogen-bond acceptors (Lipinski definition) is 4. The standard InChI is InChI=1S/C21H24O2S2/c1-4-24-21(25-5-2)20(22)19(17-9-7-6-8-10-17)15-16-11-13-18(23-3)14-12-16/h6-15,21H,4-5H2,1-3H3/b19-15+. The zero-order valence-electron chi connectivity index (χ0n) is 14.9. The van der Waals surface area contributed by atoms with Crippen LogP contribution in [0.25, 0.3) is 11.6 Å². The monoisotopic (exact) mass is 372 g/mol. The van der Waals surface area contributed by atoms with Crippen molar-refractivity contribution in [1.82, 2.24) is 0 Å². The van der Waals surface area contributed by atoms with Crippen LogP contribution in [0, 0.1) is 0 Å². The summed E-state index contributed by atoms with van der Waals surface area (Å²) in [6.45, 7) is 4.19. The van der Waals surface area contributed by atoms with Gasteiger partial charge in [0.15, 0.2) is 5.78 Å². The zero-order chi connectivity index (χ0) is 18.1. The first-order valence-corrected chi connectivity index (χ1v) is 10.5. The molecule has 0 aliphatic rings. The van der Waals surface area contributed by atoms with Crippen LogP contribution in [0.15, 0.2) is 54.6 Å². The molecule has 0 saturated carbocycles. The Kier molecular flexibility index (Phi) is 8.16. The van der Waals surface area contributed by atoms with Crippen molar-refractivity contribution < 1.29 is 9.53 Å². The van der Waals surface area contributed by atoms with E-state index in [1.807, 2.05) is 60.7 Å². The van der Waals surface area contributed by atoms with E-state index in [0.29, 0.717) is 0 Å². The molecule has 0 aromatic heterocycles. The second kappa shape index (κ2) is 10.4. The van der Waals surface area contributed by atoms with Crippen LogP contribution in [-0.2, 0) is 4.79 Å². The number of ether oxygens (including phenoxy) is 1. The van der Waals surface area contributed by atoms with Gasteiger partial charge in [0.25, 0.3) is 0 Å². The Morgan fingerprint density at radius 3 is 2.12 bits per heavy atom. The van der Waals surface area contributed by atoms with Gasteiger partial charge in [-0.2, -0.15) is 0 Å². The van der Waals surface area contributed by atoms with Crippen LogP contribution in [-0.4, -0.2) is 29.0 Å². The summed E-state index contributed by atoms with van der Waals surface area (Å²) in [5.74, 6) is 2.84. The molecule has 132 valence electrons. The lowest BCUT2D eigenvalue weighted by Crippen LogP contribution is -2.16. The van der Waals surface area contributed by atoms with E-state index < -0.39 is 0 Å². The molecule has 0 amide bonds. The number of Topliss-reactive ketones (excluding diaryl/α,β-unsaturated/α-hetero) is 1. The van der Waals surface area contributed by atoms with E-state index in [2.05, 4.69) is 13.8 Å². The minimum Gasteiger partial charge on any atom is -0.497 e. The quantitative estimate of drug-likeness (QED) is 0.323. The van der Waals surface area contributed by atoms with Crippen LogP contribution in [0.5, 0.6) is 5.75 Å². The minimum atomic E-state index is -0.0697. The van der Waals surface area contributed by atoms with Gasteiger partial charge in [0.2, 0.25) is 0 Å². The van der Waals surface area contributed by atoms with Crippen molar-refractivity contribution in [2.45, 2.75) is 18.4 Å². The van der Waals surface area contributed by atoms with Crippen molar-refractivity contribution in [3.05, 3.63) is 65.7 Å². The Labute approximate surface area is 159 Å². The summed E-state index contributed by atoms with van der Waals surface area (Å²) in [7, 11) is 1.65. The van der Waals surface area contributed by atoms with Gasteiger partial charge in [-0.3, -0.25) is 4.79 Å². The van der Waals surface area contributed by atoms with Crippen LogP contribution >= 0.6 is 23.5 Å². The Morgan fingerprint density at radius 2 is 1.60 bits per heavy atom. The molecule has 0 heterocycles. The highest BCUT2D eigenvalue weighted by Crippen LogP contribution is 2.31. The molecule has 4 heteroatoms. The molecule has 2 nitrogen and oxygen atoms in total. The second-order valence-electron chi connectivity index (χ2n) is 5.30. The number of carbonyl (C=O) groups is 1. The largest absolute Gasteiger partial charge is 0.497 e. The molecule has 0 N–H and O–H groups in total. The first-order valence-electron chi connectivity index (χ1n) is 8.38. The van der Waals surface area contributed by atoms with Gasteiger partial charge in [0, 0.05) is 5.57 Å². The normalized spacial score (nSPS) is 11.6. The molecule has 0 unspecified atom stereocenters. The van der Waals surface area contributed by atoms with Crippen molar-refractivity contribution in [1.29, 1.82) is 0 Å². The molecule has 25 heavy (non-hydrogen) atoms. The third-order valence-corrected chi connectivity index (χ3v) is 6.14. The summed E-state index contributed by atoms with van der Waals surface area (Å²) in [6.07, 6.45) is 1.98. The lowest BCUT2D eigenvalue weighted by atomic mass is 9.99. The number of carbonyl (C=O) groups excluding carboxylic acids is 1. The van der Waals surface area contributed by atoms with E-state index in [4.69, 9.17) is 4.74 Å². The van der Waals surface area contributed by atoms with Crippen LogP contribution in [0.1, 0.15) is 25.0 Å². The van der Waals surface area contributed by atoms with E-state index in [1.165, 1.54) is 0 Å². The Balaban J connectivity index is 2.41. The molecular formula is C21H24O2S2. The molecule has 0 radical (unpaired) electrons. The summed E-state index contributed by atoms with van der Waals surface area (Å²) < 4.78 is 5.14. The first-order chi connectivity index (χ1) is 12.2. The SMILES string of the molecule is CCSC(SCC)C(=O)/C(=C/c1ccc(OC)cc1)c1ccccc1. The number of ketones is 1. The van der Waals surface area contributed by atoms with Crippen LogP contribution in [0.3, 0.4) is 0 Å². The molecule has 0 bridgehead atoms. The summed E-state index contributed by atoms with van der Waals surface area (Å²) in [5.41, 5.74) is 2.72. The predicted octanol–water partition coefficient (Wildman–Crippen LogP) is 5.64. The molecule has 0 saturated heterocycles. The van der Waals surface area contributed by atoms with Gasteiger partial charge in [-0.25, -0.2) is 0 Å². The molecule has 0 aliphatic heterocycles. The maximum absolute atomic E-state index is 13.2.